The molecule has 0 spiro atoms. The lowest BCUT2D eigenvalue weighted by Crippen LogP contribution is -2.13. The standard InChI is InChI=1S/C12H16N2/c1-8-9-5-6-13-10(9)7-11(14-8)12(2,3)4/h5-7,13H,1-4H3. The Morgan fingerprint density at radius 3 is 2.64 bits per heavy atom. The van der Waals surface area contributed by atoms with Crippen molar-refractivity contribution in [3.63, 3.8) is 0 Å². The molecule has 2 nitrogen and oxygen atoms in total. The number of fused-ring (bicyclic) bond motifs is 1. The summed E-state index contributed by atoms with van der Waals surface area (Å²) < 4.78 is 0. The lowest BCUT2D eigenvalue weighted by atomic mass is 9.91. The molecule has 2 aromatic rings. The van der Waals surface area contributed by atoms with Crippen LogP contribution in [0, 0.1) is 6.92 Å². The Morgan fingerprint density at radius 1 is 1.29 bits per heavy atom. The van der Waals surface area contributed by atoms with Gasteiger partial charge in [-0.05, 0) is 19.1 Å². The molecule has 0 saturated carbocycles. The van der Waals surface area contributed by atoms with Crippen LogP contribution in [0.5, 0.6) is 0 Å². The van der Waals surface area contributed by atoms with Crippen molar-refractivity contribution in [1.82, 2.24) is 9.97 Å². The van der Waals surface area contributed by atoms with Gasteiger partial charge in [-0.15, -0.1) is 0 Å². The van der Waals surface area contributed by atoms with Crippen LogP contribution in [0.4, 0.5) is 0 Å². The lowest BCUT2D eigenvalue weighted by Gasteiger charge is -2.18. The van der Waals surface area contributed by atoms with Crippen LogP contribution < -0.4 is 0 Å². The molecule has 0 aromatic carbocycles. The van der Waals surface area contributed by atoms with Crippen LogP contribution in [0.15, 0.2) is 18.3 Å². The molecular formula is C12H16N2. The first-order valence-electron chi connectivity index (χ1n) is 4.94. The SMILES string of the molecule is Cc1nc(C(C)(C)C)cc2[nH]ccc12. The Morgan fingerprint density at radius 2 is 2.00 bits per heavy atom. The number of hydrogen-bond acceptors (Lipinski definition) is 1. The number of nitrogens with zero attached hydrogens (tertiary/aromatic N) is 1. The second-order valence-corrected chi connectivity index (χ2v) is 4.78. The summed E-state index contributed by atoms with van der Waals surface area (Å²) in [6, 6.07) is 4.21. The summed E-state index contributed by atoms with van der Waals surface area (Å²) in [6.45, 7) is 8.61. The quantitative estimate of drug-likeness (QED) is 0.676. The van der Waals surface area contributed by atoms with Crippen molar-refractivity contribution in [1.29, 1.82) is 0 Å². The summed E-state index contributed by atoms with van der Waals surface area (Å²) in [7, 11) is 0. The van der Waals surface area contributed by atoms with E-state index in [2.05, 4.69) is 49.8 Å². The minimum Gasteiger partial charge on any atom is -0.361 e. The Labute approximate surface area is 84.4 Å². The summed E-state index contributed by atoms with van der Waals surface area (Å²) >= 11 is 0. The van der Waals surface area contributed by atoms with Crippen molar-refractivity contribution in [3.05, 3.63) is 29.7 Å². The van der Waals surface area contributed by atoms with Gasteiger partial charge in [0.15, 0.2) is 0 Å². The maximum Gasteiger partial charge on any atom is 0.0490 e. The molecule has 2 heteroatoms. The van der Waals surface area contributed by atoms with Gasteiger partial charge < -0.3 is 4.98 Å². The summed E-state index contributed by atoms with van der Waals surface area (Å²) in [5.74, 6) is 0. The third kappa shape index (κ3) is 1.41. The summed E-state index contributed by atoms with van der Waals surface area (Å²) in [5.41, 5.74) is 3.55. The minimum absolute atomic E-state index is 0.115. The lowest BCUT2D eigenvalue weighted by molar-refractivity contribution is 0.568. The first-order chi connectivity index (χ1) is 6.48. The van der Waals surface area contributed by atoms with Crippen LogP contribution >= 0.6 is 0 Å². The average molecular weight is 188 g/mol. The molecule has 1 N–H and O–H groups in total. The highest BCUT2D eigenvalue weighted by Crippen LogP contribution is 2.24. The molecule has 0 bridgehead atoms. The van der Waals surface area contributed by atoms with Crippen molar-refractivity contribution in [2.24, 2.45) is 0 Å². The van der Waals surface area contributed by atoms with Gasteiger partial charge in [-0.25, -0.2) is 0 Å². The first-order valence-corrected chi connectivity index (χ1v) is 4.94. The predicted molar refractivity (Wildman–Crippen MR) is 59.5 cm³/mol. The topological polar surface area (TPSA) is 28.7 Å². The Bertz CT molecular complexity index is 461. The smallest absolute Gasteiger partial charge is 0.0490 e. The van der Waals surface area contributed by atoms with E-state index in [1.807, 2.05) is 6.20 Å². The van der Waals surface area contributed by atoms with Gasteiger partial charge in [-0.3, -0.25) is 4.98 Å². The highest BCUT2D eigenvalue weighted by Gasteiger charge is 2.16. The second-order valence-electron chi connectivity index (χ2n) is 4.78. The molecule has 2 rings (SSSR count). The van der Waals surface area contributed by atoms with Gasteiger partial charge in [-0.2, -0.15) is 0 Å². The number of rotatable bonds is 0. The molecule has 0 atom stereocenters. The van der Waals surface area contributed by atoms with E-state index in [0.717, 1.165) is 11.4 Å². The maximum absolute atomic E-state index is 4.62. The van der Waals surface area contributed by atoms with Gasteiger partial charge in [0.25, 0.3) is 0 Å². The minimum atomic E-state index is 0.115. The maximum atomic E-state index is 4.62. The Hall–Kier alpha value is -1.31. The van der Waals surface area contributed by atoms with Crippen LogP contribution in [0.2, 0.25) is 0 Å². The monoisotopic (exact) mass is 188 g/mol. The zero-order valence-corrected chi connectivity index (χ0v) is 9.18. The molecule has 0 amide bonds. The van der Waals surface area contributed by atoms with Crippen molar-refractivity contribution >= 4 is 10.9 Å². The van der Waals surface area contributed by atoms with E-state index >= 15 is 0 Å². The zero-order valence-electron chi connectivity index (χ0n) is 9.18. The molecule has 74 valence electrons. The van der Waals surface area contributed by atoms with E-state index in [-0.39, 0.29) is 5.41 Å². The molecule has 0 saturated heterocycles. The van der Waals surface area contributed by atoms with Crippen molar-refractivity contribution in [2.75, 3.05) is 0 Å². The number of pyridine rings is 1. The number of aryl methyl sites for hydroxylation is 1. The van der Waals surface area contributed by atoms with Gasteiger partial charge in [0, 0.05) is 33.9 Å². The molecule has 0 fully saturated rings. The number of H-pyrrole nitrogens is 1. The van der Waals surface area contributed by atoms with Gasteiger partial charge in [0.05, 0.1) is 0 Å². The third-order valence-corrected chi connectivity index (χ3v) is 2.51. The predicted octanol–water partition coefficient (Wildman–Crippen LogP) is 3.17. The number of aromatic amines is 1. The largest absolute Gasteiger partial charge is 0.361 e. The van der Waals surface area contributed by atoms with Crippen molar-refractivity contribution in [3.8, 4) is 0 Å². The van der Waals surface area contributed by atoms with E-state index in [1.54, 1.807) is 0 Å². The summed E-state index contributed by atoms with van der Waals surface area (Å²) in [6.07, 6.45) is 1.96. The summed E-state index contributed by atoms with van der Waals surface area (Å²) in [5, 5.41) is 1.22. The zero-order chi connectivity index (χ0) is 10.3. The number of aromatic nitrogens is 2. The fourth-order valence-corrected chi connectivity index (χ4v) is 1.61. The first kappa shape index (κ1) is 9.25. The van der Waals surface area contributed by atoms with E-state index < -0.39 is 0 Å². The van der Waals surface area contributed by atoms with Gasteiger partial charge in [-0.1, -0.05) is 20.8 Å². The number of hydrogen-bond donors (Lipinski definition) is 1. The molecule has 0 unspecified atom stereocenters. The highest BCUT2D eigenvalue weighted by atomic mass is 14.8. The van der Waals surface area contributed by atoms with Gasteiger partial charge in [0.1, 0.15) is 0 Å². The van der Waals surface area contributed by atoms with E-state index in [9.17, 15) is 0 Å². The Kier molecular flexibility index (Phi) is 1.88. The van der Waals surface area contributed by atoms with Crippen molar-refractivity contribution in [2.45, 2.75) is 33.1 Å². The van der Waals surface area contributed by atoms with E-state index in [0.29, 0.717) is 0 Å². The number of nitrogens with one attached hydrogen (secondary N) is 1. The van der Waals surface area contributed by atoms with Crippen LogP contribution in [0.25, 0.3) is 10.9 Å². The fraction of sp³-hybridized carbons (Fsp3) is 0.417. The van der Waals surface area contributed by atoms with Crippen LogP contribution in [-0.2, 0) is 5.41 Å². The molecule has 14 heavy (non-hydrogen) atoms. The van der Waals surface area contributed by atoms with E-state index in [4.69, 9.17) is 0 Å². The normalized spacial score (nSPS) is 12.3. The van der Waals surface area contributed by atoms with Gasteiger partial charge >= 0.3 is 0 Å². The average Bonchev–Trinajstić information content (AvgIpc) is 2.50. The van der Waals surface area contributed by atoms with Crippen LogP contribution in [0.1, 0.15) is 32.2 Å². The molecule has 2 aromatic heterocycles. The Balaban J connectivity index is 2.70. The third-order valence-electron chi connectivity index (χ3n) is 2.51. The summed E-state index contributed by atoms with van der Waals surface area (Å²) in [4.78, 5) is 7.86. The van der Waals surface area contributed by atoms with Crippen molar-refractivity contribution < 1.29 is 0 Å². The molecule has 0 aliphatic heterocycles. The van der Waals surface area contributed by atoms with E-state index in [1.165, 1.54) is 10.9 Å². The molecular weight excluding hydrogens is 172 g/mol. The van der Waals surface area contributed by atoms with Crippen LogP contribution in [0.3, 0.4) is 0 Å². The highest BCUT2D eigenvalue weighted by molar-refractivity contribution is 5.81. The molecule has 0 aliphatic rings. The fourth-order valence-electron chi connectivity index (χ4n) is 1.61. The van der Waals surface area contributed by atoms with Crippen LogP contribution in [-0.4, -0.2) is 9.97 Å². The molecule has 0 aliphatic carbocycles. The molecule has 0 radical (unpaired) electrons. The second kappa shape index (κ2) is 2.84. The van der Waals surface area contributed by atoms with Gasteiger partial charge in [0.2, 0.25) is 0 Å². The molecule has 2 heterocycles.